The van der Waals surface area contributed by atoms with Crippen LogP contribution in [0.4, 0.5) is 4.79 Å². The normalized spacial score (nSPS) is 18.1. The third-order valence-corrected chi connectivity index (χ3v) is 3.61. The molecule has 0 radical (unpaired) electrons. The average Bonchev–Trinajstić information content (AvgIpc) is 2.85. The SMILES string of the molecule is Cc1cnccc1CNC(=O)N1CCCC1CC(=O)O. The third-order valence-electron chi connectivity index (χ3n) is 3.61. The van der Waals surface area contributed by atoms with Crippen molar-refractivity contribution in [3.63, 3.8) is 0 Å². The lowest BCUT2D eigenvalue weighted by Crippen LogP contribution is -2.43. The summed E-state index contributed by atoms with van der Waals surface area (Å²) in [6.07, 6.45) is 5.08. The van der Waals surface area contributed by atoms with Crippen LogP contribution in [0, 0.1) is 6.92 Å². The molecule has 1 aromatic rings. The van der Waals surface area contributed by atoms with Crippen molar-refractivity contribution in [1.29, 1.82) is 0 Å². The molecule has 6 nitrogen and oxygen atoms in total. The van der Waals surface area contributed by atoms with Crippen molar-refractivity contribution in [2.45, 2.75) is 38.8 Å². The molecule has 0 aromatic carbocycles. The Balaban J connectivity index is 1.91. The van der Waals surface area contributed by atoms with E-state index in [9.17, 15) is 9.59 Å². The first-order valence-corrected chi connectivity index (χ1v) is 6.73. The van der Waals surface area contributed by atoms with Crippen LogP contribution >= 0.6 is 0 Å². The lowest BCUT2D eigenvalue weighted by atomic mass is 10.1. The van der Waals surface area contributed by atoms with Crippen molar-refractivity contribution in [3.05, 3.63) is 29.6 Å². The summed E-state index contributed by atoms with van der Waals surface area (Å²) in [5, 5.41) is 11.7. The molecular weight excluding hydrogens is 258 g/mol. The van der Waals surface area contributed by atoms with E-state index in [4.69, 9.17) is 5.11 Å². The Labute approximate surface area is 117 Å². The van der Waals surface area contributed by atoms with E-state index in [1.807, 2.05) is 13.0 Å². The van der Waals surface area contributed by atoms with Gasteiger partial charge in [-0.05, 0) is 37.0 Å². The summed E-state index contributed by atoms with van der Waals surface area (Å²) in [6.45, 7) is 3.00. The fraction of sp³-hybridized carbons (Fsp3) is 0.500. The van der Waals surface area contributed by atoms with Gasteiger partial charge in [0.1, 0.15) is 0 Å². The molecule has 108 valence electrons. The number of rotatable bonds is 4. The van der Waals surface area contributed by atoms with Crippen LogP contribution in [0.1, 0.15) is 30.4 Å². The third kappa shape index (κ3) is 3.46. The monoisotopic (exact) mass is 277 g/mol. The van der Waals surface area contributed by atoms with Crippen LogP contribution < -0.4 is 5.32 Å². The lowest BCUT2D eigenvalue weighted by molar-refractivity contribution is -0.137. The predicted molar refractivity (Wildman–Crippen MR) is 73.2 cm³/mol. The number of carbonyl (C=O) groups excluding carboxylic acids is 1. The number of nitrogens with one attached hydrogen (secondary N) is 1. The number of nitrogens with zero attached hydrogens (tertiary/aromatic N) is 2. The summed E-state index contributed by atoms with van der Waals surface area (Å²) in [5.41, 5.74) is 2.04. The minimum Gasteiger partial charge on any atom is -0.481 e. The number of likely N-dealkylation sites (tertiary alicyclic amines) is 1. The minimum atomic E-state index is -0.861. The van der Waals surface area contributed by atoms with Gasteiger partial charge in [-0.2, -0.15) is 0 Å². The molecule has 1 saturated heterocycles. The highest BCUT2D eigenvalue weighted by molar-refractivity contribution is 5.76. The quantitative estimate of drug-likeness (QED) is 0.874. The molecular formula is C14H19N3O3. The van der Waals surface area contributed by atoms with Crippen LogP contribution in [-0.2, 0) is 11.3 Å². The van der Waals surface area contributed by atoms with Gasteiger partial charge in [0.25, 0.3) is 0 Å². The summed E-state index contributed by atoms with van der Waals surface area (Å²) in [6, 6.07) is 1.49. The highest BCUT2D eigenvalue weighted by Crippen LogP contribution is 2.20. The summed E-state index contributed by atoms with van der Waals surface area (Å²) < 4.78 is 0. The second kappa shape index (κ2) is 6.36. The molecule has 1 aromatic heterocycles. The fourth-order valence-corrected chi connectivity index (χ4v) is 2.49. The number of carboxylic acids is 1. The van der Waals surface area contributed by atoms with E-state index >= 15 is 0 Å². The van der Waals surface area contributed by atoms with Gasteiger partial charge in [-0.1, -0.05) is 0 Å². The highest BCUT2D eigenvalue weighted by Gasteiger charge is 2.30. The maximum absolute atomic E-state index is 12.1. The van der Waals surface area contributed by atoms with Gasteiger partial charge in [-0.3, -0.25) is 9.78 Å². The van der Waals surface area contributed by atoms with E-state index in [0.717, 1.165) is 24.0 Å². The number of pyridine rings is 1. The number of carboxylic acid groups (broad SMARTS) is 1. The summed E-state index contributed by atoms with van der Waals surface area (Å²) in [4.78, 5) is 28.5. The first-order valence-electron chi connectivity index (χ1n) is 6.73. The van der Waals surface area contributed by atoms with Gasteiger partial charge in [-0.15, -0.1) is 0 Å². The number of urea groups is 1. The van der Waals surface area contributed by atoms with Crippen molar-refractivity contribution >= 4 is 12.0 Å². The Morgan fingerprint density at radius 1 is 1.55 bits per heavy atom. The van der Waals surface area contributed by atoms with Crippen LogP contribution in [0.15, 0.2) is 18.5 Å². The summed E-state index contributed by atoms with van der Waals surface area (Å²) in [7, 11) is 0. The maximum Gasteiger partial charge on any atom is 0.317 e. The van der Waals surface area contributed by atoms with Gasteiger partial charge in [0, 0.05) is 31.5 Å². The molecule has 20 heavy (non-hydrogen) atoms. The molecule has 2 heterocycles. The second-order valence-corrected chi connectivity index (χ2v) is 5.05. The molecule has 1 aliphatic rings. The summed E-state index contributed by atoms with van der Waals surface area (Å²) >= 11 is 0. The van der Waals surface area contributed by atoms with Gasteiger partial charge in [0.2, 0.25) is 0 Å². The average molecular weight is 277 g/mol. The number of hydrogen-bond acceptors (Lipinski definition) is 3. The Morgan fingerprint density at radius 3 is 3.05 bits per heavy atom. The molecule has 0 saturated carbocycles. The Hall–Kier alpha value is -2.11. The van der Waals surface area contributed by atoms with Crippen molar-refractivity contribution in [3.8, 4) is 0 Å². The number of aryl methyl sites for hydroxylation is 1. The van der Waals surface area contributed by atoms with E-state index in [1.165, 1.54) is 0 Å². The van der Waals surface area contributed by atoms with Gasteiger partial charge >= 0.3 is 12.0 Å². The van der Waals surface area contributed by atoms with Gasteiger partial charge in [0.05, 0.1) is 6.42 Å². The molecule has 1 unspecified atom stereocenters. The molecule has 0 aliphatic carbocycles. The van der Waals surface area contributed by atoms with E-state index in [1.54, 1.807) is 17.3 Å². The van der Waals surface area contributed by atoms with Crippen molar-refractivity contribution in [2.75, 3.05) is 6.54 Å². The number of aliphatic carboxylic acids is 1. The zero-order valence-electron chi connectivity index (χ0n) is 11.5. The van der Waals surface area contributed by atoms with E-state index in [2.05, 4.69) is 10.3 Å². The number of hydrogen-bond donors (Lipinski definition) is 2. The van der Waals surface area contributed by atoms with E-state index in [0.29, 0.717) is 13.1 Å². The lowest BCUT2D eigenvalue weighted by Gasteiger charge is -2.24. The fourth-order valence-electron chi connectivity index (χ4n) is 2.49. The second-order valence-electron chi connectivity index (χ2n) is 5.05. The zero-order chi connectivity index (χ0) is 14.5. The standard InChI is InChI=1S/C14H19N3O3/c1-10-8-15-5-4-11(10)9-16-14(20)17-6-2-3-12(17)7-13(18)19/h4-5,8,12H,2-3,6-7,9H2,1H3,(H,16,20)(H,18,19). The zero-order valence-corrected chi connectivity index (χ0v) is 11.5. The highest BCUT2D eigenvalue weighted by atomic mass is 16.4. The Kier molecular flexibility index (Phi) is 4.55. The van der Waals surface area contributed by atoms with Crippen molar-refractivity contribution < 1.29 is 14.7 Å². The Morgan fingerprint density at radius 2 is 2.35 bits per heavy atom. The minimum absolute atomic E-state index is 0.0156. The first kappa shape index (κ1) is 14.3. The Bertz CT molecular complexity index is 504. The molecule has 1 atom stereocenters. The number of aromatic nitrogens is 1. The van der Waals surface area contributed by atoms with Gasteiger partial charge in [0.15, 0.2) is 0 Å². The largest absolute Gasteiger partial charge is 0.481 e. The van der Waals surface area contributed by atoms with Crippen LogP contribution in [0.25, 0.3) is 0 Å². The smallest absolute Gasteiger partial charge is 0.317 e. The van der Waals surface area contributed by atoms with Gasteiger partial charge in [-0.25, -0.2) is 4.79 Å². The molecule has 1 fully saturated rings. The molecule has 2 rings (SSSR count). The van der Waals surface area contributed by atoms with Crippen LogP contribution in [0.3, 0.4) is 0 Å². The van der Waals surface area contributed by atoms with Crippen molar-refractivity contribution in [2.24, 2.45) is 0 Å². The maximum atomic E-state index is 12.1. The van der Waals surface area contributed by atoms with Crippen LogP contribution in [0.2, 0.25) is 0 Å². The topological polar surface area (TPSA) is 82.5 Å². The van der Waals surface area contributed by atoms with E-state index < -0.39 is 5.97 Å². The predicted octanol–water partition coefficient (Wildman–Crippen LogP) is 1.54. The van der Waals surface area contributed by atoms with Crippen LogP contribution in [0.5, 0.6) is 0 Å². The molecule has 6 heteroatoms. The summed E-state index contributed by atoms with van der Waals surface area (Å²) in [5.74, 6) is -0.861. The molecule has 2 N–H and O–H groups in total. The number of carbonyl (C=O) groups is 2. The molecule has 0 bridgehead atoms. The van der Waals surface area contributed by atoms with E-state index in [-0.39, 0.29) is 18.5 Å². The molecule has 1 aliphatic heterocycles. The van der Waals surface area contributed by atoms with Gasteiger partial charge < -0.3 is 15.3 Å². The van der Waals surface area contributed by atoms with Crippen LogP contribution in [-0.4, -0.2) is 39.6 Å². The molecule has 2 amide bonds. The molecule has 0 spiro atoms. The first-order chi connectivity index (χ1) is 9.58. The van der Waals surface area contributed by atoms with Crippen molar-refractivity contribution in [1.82, 2.24) is 15.2 Å². The number of amides is 2.